The van der Waals surface area contributed by atoms with Crippen LogP contribution in [0.4, 0.5) is 0 Å². The summed E-state index contributed by atoms with van der Waals surface area (Å²) in [6, 6.07) is 3.93. The lowest BCUT2D eigenvalue weighted by Gasteiger charge is -2.21. The summed E-state index contributed by atoms with van der Waals surface area (Å²) >= 11 is 0. The topological polar surface area (TPSA) is 52.5 Å². The first-order chi connectivity index (χ1) is 8.86. The number of ether oxygens (including phenoxy) is 1. The first-order valence-corrected chi connectivity index (χ1v) is 6.59. The van der Waals surface area contributed by atoms with Crippen LogP contribution in [-0.4, -0.2) is 23.1 Å². The van der Waals surface area contributed by atoms with E-state index in [1.165, 1.54) is 0 Å². The maximum Gasteiger partial charge on any atom is 0.140 e. The Bertz CT molecular complexity index is 581. The van der Waals surface area contributed by atoms with Gasteiger partial charge in [0.1, 0.15) is 5.65 Å². The van der Waals surface area contributed by atoms with Crippen molar-refractivity contribution in [1.82, 2.24) is 9.38 Å². The van der Waals surface area contributed by atoms with Gasteiger partial charge in [-0.2, -0.15) is 0 Å². The monoisotopic (exact) mass is 261 g/mol. The molecule has 1 unspecified atom stereocenters. The molecular weight excluding hydrogens is 238 g/mol. The molecule has 0 saturated carbocycles. The van der Waals surface area contributed by atoms with Gasteiger partial charge in [-0.25, -0.2) is 4.98 Å². The highest BCUT2D eigenvalue weighted by Gasteiger charge is 2.27. The Hall–Kier alpha value is -1.39. The van der Waals surface area contributed by atoms with Gasteiger partial charge in [-0.3, -0.25) is 0 Å². The fraction of sp³-hybridized carbons (Fsp3) is 0.533. The number of methoxy groups -OCH3 is 1. The van der Waals surface area contributed by atoms with Gasteiger partial charge in [0, 0.05) is 18.7 Å². The largest absolute Gasteiger partial charge is 0.383 e. The molecule has 4 heteroatoms. The van der Waals surface area contributed by atoms with Gasteiger partial charge in [0.05, 0.1) is 24.0 Å². The van der Waals surface area contributed by atoms with Crippen LogP contribution in [0, 0.1) is 6.92 Å². The Balaban J connectivity index is 2.73. The second-order valence-corrected chi connectivity index (χ2v) is 6.04. The van der Waals surface area contributed by atoms with Crippen molar-refractivity contribution in [2.24, 2.45) is 5.73 Å². The van der Waals surface area contributed by atoms with Crippen LogP contribution in [-0.2, 0) is 10.2 Å². The molecule has 1 atom stereocenters. The van der Waals surface area contributed by atoms with Crippen molar-refractivity contribution in [2.75, 3.05) is 13.7 Å². The van der Waals surface area contributed by atoms with Crippen molar-refractivity contribution in [3.63, 3.8) is 0 Å². The first kappa shape index (κ1) is 14.0. The van der Waals surface area contributed by atoms with E-state index in [1.807, 2.05) is 12.3 Å². The third-order valence-corrected chi connectivity index (χ3v) is 3.29. The summed E-state index contributed by atoms with van der Waals surface area (Å²) in [5.74, 6) is 0. The smallest absolute Gasteiger partial charge is 0.140 e. The zero-order chi connectivity index (χ0) is 14.2. The van der Waals surface area contributed by atoms with Crippen molar-refractivity contribution in [3.05, 3.63) is 35.3 Å². The molecule has 2 N–H and O–H groups in total. The highest BCUT2D eigenvalue weighted by atomic mass is 16.5. The lowest BCUT2D eigenvalue weighted by Crippen LogP contribution is -2.24. The molecule has 0 aromatic carbocycles. The minimum atomic E-state index is -0.170. The molecule has 19 heavy (non-hydrogen) atoms. The highest BCUT2D eigenvalue weighted by Crippen LogP contribution is 2.30. The summed E-state index contributed by atoms with van der Waals surface area (Å²) in [6.45, 7) is 9.04. The number of hydrogen-bond donors (Lipinski definition) is 1. The SMILES string of the molecule is COCC(N)c1c(C(C)(C)C)nc2c(C)cccn12. The quantitative estimate of drug-likeness (QED) is 0.924. The van der Waals surface area contributed by atoms with Crippen LogP contribution < -0.4 is 5.73 Å². The summed E-state index contributed by atoms with van der Waals surface area (Å²) in [6.07, 6.45) is 2.02. The maximum absolute atomic E-state index is 6.28. The van der Waals surface area contributed by atoms with Crippen molar-refractivity contribution in [2.45, 2.75) is 39.2 Å². The van der Waals surface area contributed by atoms with E-state index < -0.39 is 0 Å². The van der Waals surface area contributed by atoms with Crippen LogP contribution in [0.5, 0.6) is 0 Å². The lowest BCUT2D eigenvalue weighted by molar-refractivity contribution is 0.178. The van der Waals surface area contributed by atoms with Crippen LogP contribution in [0.25, 0.3) is 5.65 Å². The molecule has 104 valence electrons. The van der Waals surface area contributed by atoms with Gasteiger partial charge in [0.15, 0.2) is 0 Å². The number of imidazole rings is 1. The minimum absolute atomic E-state index is 0.0425. The fourth-order valence-electron chi connectivity index (χ4n) is 2.39. The molecule has 0 aliphatic heterocycles. The van der Waals surface area contributed by atoms with Gasteiger partial charge >= 0.3 is 0 Å². The molecule has 0 radical (unpaired) electrons. The molecular formula is C15H23N3O. The van der Waals surface area contributed by atoms with Gasteiger partial charge in [0.2, 0.25) is 0 Å². The third kappa shape index (κ3) is 2.51. The van der Waals surface area contributed by atoms with Crippen LogP contribution >= 0.6 is 0 Å². The summed E-state index contributed by atoms with van der Waals surface area (Å²) in [4.78, 5) is 4.81. The van der Waals surface area contributed by atoms with E-state index in [2.05, 4.69) is 38.2 Å². The molecule has 2 aromatic rings. The Labute approximate surface area is 114 Å². The molecule has 2 rings (SSSR count). The molecule has 2 heterocycles. The van der Waals surface area contributed by atoms with Gasteiger partial charge in [-0.05, 0) is 18.6 Å². The number of aryl methyl sites for hydroxylation is 1. The normalized spacial score (nSPS) is 14.0. The van der Waals surface area contributed by atoms with E-state index in [9.17, 15) is 0 Å². The maximum atomic E-state index is 6.28. The van der Waals surface area contributed by atoms with E-state index in [0.717, 1.165) is 22.6 Å². The lowest BCUT2D eigenvalue weighted by atomic mass is 9.89. The number of aromatic nitrogens is 2. The average Bonchev–Trinajstić information content (AvgIpc) is 2.70. The van der Waals surface area contributed by atoms with E-state index in [0.29, 0.717) is 6.61 Å². The summed E-state index contributed by atoms with van der Waals surface area (Å²) in [7, 11) is 1.67. The Morgan fingerprint density at radius 1 is 1.42 bits per heavy atom. The third-order valence-electron chi connectivity index (χ3n) is 3.29. The fourth-order valence-corrected chi connectivity index (χ4v) is 2.39. The number of fused-ring (bicyclic) bond motifs is 1. The minimum Gasteiger partial charge on any atom is -0.383 e. The second kappa shape index (κ2) is 4.94. The molecule has 0 saturated heterocycles. The molecule has 0 bridgehead atoms. The molecule has 0 aliphatic rings. The van der Waals surface area contributed by atoms with Gasteiger partial charge in [-0.1, -0.05) is 26.8 Å². The van der Waals surface area contributed by atoms with E-state index in [1.54, 1.807) is 7.11 Å². The Morgan fingerprint density at radius 3 is 2.68 bits per heavy atom. The zero-order valence-electron chi connectivity index (χ0n) is 12.4. The van der Waals surface area contributed by atoms with Gasteiger partial charge in [-0.15, -0.1) is 0 Å². The first-order valence-electron chi connectivity index (χ1n) is 6.59. The van der Waals surface area contributed by atoms with Crippen molar-refractivity contribution >= 4 is 5.65 Å². The Kier molecular flexibility index (Phi) is 3.65. The van der Waals surface area contributed by atoms with E-state index in [4.69, 9.17) is 15.5 Å². The number of hydrogen-bond acceptors (Lipinski definition) is 3. The molecule has 0 aliphatic carbocycles. The number of nitrogens with two attached hydrogens (primary N) is 1. The summed E-state index contributed by atoms with van der Waals surface area (Å²) < 4.78 is 7.30. The second-order valence-electron chi connectivity index (χ2n) is 6.04. The number of rotatable bonds is 3. The van der Waals surface area contributed by atoms with E-state index in [-0.39, 0.29) is 11.5 Å². The predicted molar refractivity (Wildman–Crippen MR) is 77.4 cm³/mol. The number of nitrogens with zero attached hydrogens (tertiary/aromatic N) is 2. The van der Waals surface area contributed by atoms with Gasteiger partial charge < -0.3 is 14.9 Å². The highest BCUT2D eigenvalue weighted by molar-refractivity contribution is 5.52. The van der Waals surface area contributed by atoms with Crippen molar-refractivity contribution in [1.29, 1.82) is 0 Å². The molecule has 0 amide bonds. The van der Waals surface area contributed by atoms with Crippen LogP contribution in [0.3, 0.4) is 0 Å². The average molecular weight is 261 g/mol. The molecule has 0 spiro atoms. The molecule has 0 fully saturated rings. The number of pyridine rings is 1. The van der Waals surface area contributed by atoms with Crippen LogP contribution in [0.15, 0.2) is 18.3 Å². The van der Waals surface area contributed by atoms with Crippen LogP contribution in [0.2, 0.25) is 0 Å². The van der Waals surface area contributed by atoms with Crippen molar-refractivity contribution in [3.8, 4) is 0 Å². The van der Waals surface area contributed by atoms with Crippen molar-refractivity contribution < 1.29 is 4.74 Å². The summed E-state index contributed by atoms with van der Waals surface area (Å²) in [5.41, 5.74) is 10.5. The molecule has 2 aromatic heterocycles. The Morgan fingerprint density at radius 2 is 2.11 bits per heavy atom. The van der Waals surface area contributed by atoms with E-state index >= 15 is 0 Å². The standard InChI is InChI=1S/C15H23N3O/c1-10-7-6-8-18-12(11(16)9-19-5)13(15(2,3)4)17-14(10)18/h6-8,11H,9,16H2,1-5H3. The van der Waals surface area contributed by atoms with Crippen LogP contribution in [0.1, 0.15) is 43.8 Å². The predicted octanol–water partition coefficient (Wildman–Crippen LogP) is 2.59. The molecule has 4 nitrogen and oxygen atoms in total. The zero-order valence-corrected chi connectivity index (χ0v) is 12.4. The van der Waals surface area contributed by atoms with Gasteiger partial charge in [0.25, 0.3) is 0 Å². The summed E-state index contributed by atoms with van der Waals surface area (Å²) in [5, 5.41) is 0.